The molecular formula is C19H21N5O2S. The molecule has 0 amide bonds. The number of nitrogens with zero attached hydrogens (tertiary/aromatic N) is 2. The van der Waals surface area contributed by atoms with Gasteiger partial charge in [-0.1, -0.05) is 30.3 Å². The van der Waals surface area contributed by atoms with Gasteiger partial charge in [-0.25, -0.2) is 10.9 Å². The van der Waals surface area contributed by atoms with E-state index in [1.807, 2.05) is 41.0 Å². The molecule has 2 heterocycles. The number of nitrogens with one attached hydrogen (secondary N) is 3. The molecule has 0 saturated carbocycles. The molecule has 1 fully saturated rings. The van der Waals surface area contributed by atoms with Gasteiger partial charge in [0.05, 0.1) is 25.9 Å². The van der Waals surface area contributed by atoms with Crippen molar-refractivity contribution >= 4 is 12.2 Å². The lowest BCUT2D eigenvalue weighted by molar-refractivity contribution is 0.400. The van der Waals surface area contributed by atoms with Crippen LogP contribution < -0.4 is 20.3 Å². The maximum atomic E-state index is 5.53. The third kappa shape index (κ3) is 3.34. The minimum absolute atomic E-state index is 0.0148. The maximum Gasteiger partial charge on any atom is 0.200 e. The number of benzene rings is 2. The van der Waals surface area contributed by atoms with Crippen LogP contribution in [0.25, 0.3) is 5.69 Å². The monoisotopic (exact) mass is 383 g/mol. The van der Waals surface area contributed by atoms with Crippen LogP contribution in [0.4, 0.5) is 0 Å². The zero-order valence-corrected chi connectivity index (χ0v) is 15.9. The Hall–Kier alpha value is -2.68. The fourth-order valence-electron chi connectivity index (χ4n) is 3.38. The zero-order valence-electron chi connectivity index (χ0n) is 15.1. The summed E-state index contributed by atoms with van der Waals surface area (Å²) in [5.74, 6) is 2.21. The topological polar surface area (TPSA) is 76.1 Å². The number of aromatic amines is 1. The summed E-state index contributed by atoms with van der Waals surface area (Å²) in [5, 5.41) is 7.39. The summed E-state index contributed by atoms with van der Waals surface area (Å²) in [4.78, 5) is 0. The van der Waals surface area contributed by atoms with Gasteiger partial charge in [0, 0.05) is 12.1 Å². The summed E-state index contributed by atoms with van der Waals surface area (Å²) in [6.45, 7) is 0. The Labute approximate surface area is 162 Å². The Morgan fingerprint density at radius 1 is 1.04 bits per heavy atom. The first-order valence-electron chi connectivity index (χ1n) is 8.67. The second kappa shape index (κ2) is 7.51. The lowest BCUT2D eigenvalue weighted by Crippen LogP contribution is -2.28. The van der Waals surface area contributed by atoms with Crippen LogP contribution in [0.2, 0.25) is 0 Å². The van der Waals surface area contributed by atoms with Crippen LogP contribution in [0.15, 0.2) is 48.5 Å². The van der Waals surface area contributed by atoms with Gasteiger partial charge < -0.3 is 9.47 Å². The summed E-state index contributed by atoms with van der Waals surface area (Å²) >= 11 is 5.50. The van der Waals surface area contributed by atoms with Gasteiger partial charge in [0.15, 0.2) is 10.6 Å². The number of methoxy groups -OCH3 is 2. The van der Waals surface area contributed by atoms with Crippen LogP contribution >= 0.6 is 12.2 Å². The largest absolute Gasteiger partial charge is 0.497 e. The highest BCUT2D eigenvalue weighted by atomic mass is 32.1. The molecule has 1 aliphatic rings. The molecule has 4 rings (SSSR count). The Morgan fingerprint density at radius 2 is 1.81 bits per heavy atom. The third-order valence-electron chi connectivity index (χ3n) is 4.74. The fraction of sp³-hybridized carbons (Fsp3) is 0.263. The molecule has 7 nitrogen and oxygen atoms in total. The number of aromatic nitrogens is 3. The molecule has 1 aromatic heterocycles. The Bertz CT molecular complexity index is 985. The Kier molecular flexibility index (Phi) is 4.93. The molecule has 2 atom stereocenters. The SMILES string of the molecule is COc1ccc(OC)c(-n2c(C3CC(c4ccccc4)NN3)n[nH]c2=S)c1. The number of hydrogen-bond donors (Lipinski definition) is 3. The van der Waals surface area contributed by atoms with Gasteiger partial charge in [-0.15, -0.1) is 0 Å². The van der Waals surface area contributed by atoms with E-state index in [-0.39, 0.29) is 12.1 Å². The summed E-state index contributed by atoms with van der Waals surface area (Å²) in [7, 11) is 3.27. The van der Waals surface area contributed by atoms with Crippen molar-refractivity contribution in [3.63, 3.8) is 0 Å². The molecule has 0 bridgehead atoms. The van der Waals surface area contributed by atoms with Gasteiger partial charge in [-0.3, -0.25) is 9.67 Å². The molecule has 1 aliphatic heterocycles. The van der Waals surface area contributed by atoms with Crippen molar-refractivity contribution < 1.29 is 9.47 Å². The molecule has 0 radical (unpaired) electrons. The highest BCUT2D eigenvalue weighted by Gasteiger charge is 2.30. The van der Waals surface area contributed by atoms with Crippen molar-refractivity contribution in [1.29, 1.82) is 0 Å². The number of hydrazine groups is 1. The smallest absolute Gasteiger partial charge is 0.200 e. The molecule has 8 heteroatoms. The van der Waals surface area contributed by atoms with E-state index in [1.54, 1.807) is 14.2 Å². The van der Waals surface area contributed by atoms with Crippen molar-refractivity contribution in [1.82, 2.24) is 25.6 Å². The first kappa shape index (κ1) is 17.7. The number of ether oxygens (including phenoxy) is 2. The summed E-state index contributed by atoms with van der Waals surface area (Å²) in [6.07, 6.45) is 0.843. The molecule has 27 heavy (non-hydrogen) atoms. The average Bonchev–Trinajstić information content (AvgIpc) is 3.35. The summed E-state index contributed by atoms with van der Waals surface area (Å²) < 4.78 is 13.3. The van der Waals surface area contributed by atoms with Crippen molar-refractivity contribution in [3.05, 3.63) is 64.7 Å². The van der Waals surface area contributed by atoms with E-state index in [2.05, 4.69) is 33.2 Å². The molecule has 0 spiro atoms. The zero-order chi connectivity index (χ0) is 18.8. The fourth-order valence-corrected chi connectivity index (χ4v) is 3.61. The summed E-state index contributed by atoms with van der Waals surface area (Å²) in [5.41, 5.74) is 8.71. The standard InChI is InChI=1S/C19H21N5O2S/c1-25-13-8-9-17(26-2)16(10-13)24-18(22-23-19(24)27)15-11-14(20-21-15)12-6-4-3-5-7-12/h3-10,14-15,20-21H,11H2,1-2H3,(H,23,27). The van der Waals surface area contributed by atoms with Crippen molar-refractivity contribution in [2.24, 2.45) is 0 Å². The molecule has 2 aromatic carbocycles. The van der Waals surface area contributed by atoms with E-state index >= 15 is 0 Å². The minimum Gasteiger partial charge on any atom is -0.497 e. The highest BCUT2D eigenvalue weighted by molar-refractivity contribution is 7.71. The molecule has 1 saturated heterocycles. The first-order valence-corrected chi connectivity index (χ1v) is 9.08. The van der Waals surface area contributed by atoms with Crippen molar-refractivity contribution in [2.45, 2.75) is 18.5 Å². The minimum atomic E-state index is -0.0148. The third-order valence-corrected chi connectivity index (χ3v) is 5.02. The number of H-pyrrole nitrogens is 1. The van der Waals surface area contributed by atoms with E-state index in [4.69, 9.17) is 21.7 Å². The predicted molar refractivity (Wildman–Crippen MR) is 105 cm³/mol. The molecule has 0 aliphatic carbocycles. The molecule has 2 unspecified atom stereocenters. The Morgan fingerprint density at radius 3 is 2.56 bits per heavy atom. The van der Waals surface area contributed by atoms with Gasteiger partial charge in [-0.05, 0) is 36.3 Å². The second-order valence-corrected chi connectivity index (χ2v) is 6.69. The highest BCUT2D eigenvalue weighted by Crippen LogP contribution is 2.34. The van der Waals surface area contributed by atoms with Crippen LogP contribution in [-0.4, -0.2) is 29.0 Å². The molecule has 3 aromatic rings. The predicted octanol–water partition coefficient (Wildman–Crippen LogP) is 3.23. The van der Waals surface area contributed by atoms with E-state index in [9.17, 15) is 0 Å². The maximum absolute atomic E-state index is 5.53. The first-order chi connectivity index (χ1) is 13.2. The van der Waals surface area contributed by atoms with Crippen molar-refractivity contribution in [3.8, 4) is 17.2 Å². The van der Waals surface area contributed by atoms with Gasteiger partial charge in [0.25, 0.3) is 0 Å². The molecule has 3 N–H and O–H groups in total. The Balaban J connectivity index is 1.71. The van der Waals surface area contributed by atoms with Crippen LogP contribution in [0.3, 0.4) is 0 Å². The summed E-state index contributed by atoms with van der Waals surface area (Å²) in [6, 6.07) is 16.1. The normalized spacial score (nSPS) is 19.2. The van der Waals surface area contributed by atoms with Gasteiger partial charge >= 0.3 is 0 Å². The van der Waals surface area contributed by atoms with Gasteiger partial charge in [0.1, 0.15) is 11.5 Å². The van der Waals surface area contributed by atoms with E-state index in [0.29, 0.717) is 10.5 Å². The van der Waals surface area contributed by atoms with Crippen LogP contribution in [0.5, 0.6) is 11.5 Å². The quantitative estimate of drug-likeness (QED) is 0.588. The van der Waals surface area contributed by atoms with Gasteiger partial charge in [-0.2, -0.15) is 5.10 Å². The number of hydrogen-bond acceptors (Lipinski definition) is 6. The lowest BCUT2D eigenvalue weighted by atomic mass is 10.0. The van der Waals surface area contributed by atoms with Crippen LogP contribution in [0, 0.1) is 4.77 Å². The number of rotatable bonds is 5. The van der Waals surface area contributed by atoms with E-state index in [0.717, 1.165) is 23.7 Å². The van der Waals surface area contributed by atoms with Crippen LogP contribution in [0.1, 0.15) is 29.9 Å². The second-order valence-electron chi connectivity index (χ2n) is 6.30. The molecular weight excluding hydrogens is 362 g/mol. The van der Waals surface area contributed by atoms with E-state index < -0.39 is 0 Å². The van der Waals surface area contributed by atoms with Gasteiger partial charge in [0.2, 0.25) is 0 Å². The van der Waals surface area contributed by atoms with Crippen LogP contribution in [-0.2, 0) is 0 Å². The molecule has 140 valence electrons. The van der Waals surface area contributed by atoms with Crippen molar-refractivity contribution in [2.75, 3.05) is 14.2 Å². The average molecular weight is 383 g/mol. The van der Waals surface area contributed by atoms with E-state index in [1.165, 1.54) is 5.56 Å². The lowest BCUT2D eigenvalue weighted by Gasteiger charge is -2.15.